The Labute approximate surface area is 258 Å². The van der Waals surface area contributed by atoms with Crippen LogP contribution in [-0.4, -0.2) is 103 Å². The summed E-state index contributed by atoms with van der Waals surface area (Å²) < 4.78 is 38.0. The van der Waals surface area contributed by atoms with E-state index in [1.165, 1.54) is 17.2 Å². The Morgan fingerprint density at radius 2 is 1.59 bits per heavy atom. The second kappa shape index (κ2) is 12.8. The van der Waals surface area contributed by atoms with Gasteiger partial charge in [-0.3, -0.25) is 18.2 Å². The number of imidazole rings is 2. The van der Waals surface area contributed by atoms with E-state index in [0.717, 1.165) is 0 Å². The minimum absolute atomic E-state index is 0.00862. The fraction of sp³-hybridized carbons (Fsp3) is 0.545. The number of aromatic amines is 2. The van der Waals surface area contributed by atoms with Gasteiger partial charge in [0, 0.05) is 6.42 Å². The molecule has 19 nitrogen and oxygen atoms in total. The quantitative estimate of drug-likeness (QED) is 0.0937. The van der Waals surface area contributed by atoms with Gasteiger partial charge in [0.1, 0.15) is 53.0 Å². The van der Waals surface area contributed by atoms with Crippen LogP contribution in [0.5, 0.6) is 0 Å². The molecule has 6 rings (SSSR count). The number of aromatic nitrogens is 8. The molecule has 6 heterocycles. The number of nitrogens with zero attached hydrogens (tertiary/aromatic N) is 6. The van der Waals surface area contributed by atoms with Crippen LogP contribution >= 0.6 is 32.3 Å². The van der Waals surface area contributed by atoms with Gasteiger partial charge < -0.3 is 51.1 Å². The van der Waals surface area contributed by atoms with Gasteiger partial charge in [-0.1, -0.05) is 38.3 Å². The van der Waals surface area contributed by atoms with Crippen LogP contribution < -0.4 is 11.5 Å². The Morgan fingerprint density at radius 1 is 1.02 bits per heavy atom. The van der Waals surface area contributed by atoms with Crippen LogP contribution in [0, 0.1) is 9.28 Å². The molecule has 0 amide bonds. The maximum Gasteiger partial charge on any atom is 0.472 e. The zero-order valence-electron chi connectivity index (χ0n) is 23.2. The summed E-state index contributed by atoms with van der Waals surface area (Å²) in [5.41, 5.74) is 12.8. The van der Waals surface area contributed by atoms with E-state index >= 15 is 0 Å². The zero-order valence-corrected chi connectivity index (χ0v) is 25.8. The molecule has 2 saturated heterocycles. The lowest BCUT2D eigenvalue weighted by molar-refractivity contribution is -0.0557. The summed E-state index contributed by atoms with van der Waals surface area (Å²) in [5, 5.41) is 31.4. The van der Waals surface area contributed by atoms with E-state index in [1.54, 1.807) is 4.57 Å². The average Bonchev–Trinajstić information content (AvgIpc) is 3.74. The van der Waals surface area contributed by atoms with E-state index in [1.807, 2.05) is 13.8 Å². The Balaban J connectivity index is 0.00000188. The number of anilines is 2. The van der Waals surface area contributed by atoms with Gasteiger partial charge in [0.2, 0.25) is 0 Å². The number of nitrogens with two attached hydrogens (primary N) is 2. The van der Waals surface area contributed by atoms with Gasteiger partial charge in [-0.15, -0.1) is 0 Å². The highest BCUT2D eigenvalue weighted by atomic mass is 32.1. The summed E-state index contributed by atoms with van der Waals surface area (Å²) in [6.07, 6.45) is -5.56. The van der Waals surface area contributed by atoms with Gasteiger partial charge in [-0.2, -0.15) is 0 Å². The molecule has 240 valence electrons. The number of hydrogen-bond donors (Lipinski definition) is 8. The SMILES string of the molecule is CC.Nc1nc(=S)c2ncn(C3OC(CO)C(OP(=O)(O)OCC4O[C@@H](n5cnc6c(=S)nc(N)[nH]c65)C[C@H]4O)C3O)c2[nH]1. The molecule has 6 unspecified atom stereocenters. The Hall–Kier alpha value is -2.95. The van der Waals surface area contributed by atoms with Crippen molar-refractivity contribution in [3.05, 3.63) is 21.9 Å². The van der Waals surface area contributed by atoms with Gasteiger partial charge in [-0.25, -0.2) is 24.5 Å². The monoisotopic (exact) mass is 674 g/mol. The third-order valence-electron chi connectivity index (χ3n) is 6.86. The number of aliphatic hydroxyl groups is 3. The van der Waals surface area contributed by atoms with Crippen molar-refractivity contribution in [2.24, 2.45) is 0 Å². The summed E-state index contributed by atoms with van der Waals surface area (Å²) in [6.45, 7) is 2.78. The molecule has 2 aliphatic rings. The largest absolute Gasteiger partial charge is 0.472 e. The fourth-order valence-electron chi connectivity index (χ4n) is 4.93. The Bertz CT molecular complexity index is 1810. The molecular weight excluding hydrogens is 643 g/mol. The van der Waals surface area contributed by atoms with Crippen molar-refractivity contribution in [3.63, 3.8) is 0 Å². The van der Waals surface area contributed by atoms with E-state index in [-0.39, 0.29) is 38.8 Å². The van der Waals surface area contributed by atoms with E-state index in [4.69, 9.17) is 54.4 Å². The molecule has 4 aromatic rings. The molecule has 10 N–H and O–H groups in total. The number of ether oxygens (including phenoxy) is 2. The molecule has 0 spiro atoms. The topological polar surface area (TPSA) is 280 Å². The molecule has 44 heavy (non-hydrogen) atoms. The second-order valence-electron chi connectivity index (χ2n) is 9.56. The molecule has 0 radical (unpaired) electrons. The van der Waals surface area contributed by atoms with Gasteiger partial charge in [0.05, 0.1) is 32.0 Å². The van der Waals surface area contributed by atoms with E-state index in [0.29, 0.717) is 11.2 Å². The van der Waals surface area contributed by atoms with Crippen LogP contribution in [0.25, 0.3) is 22.3 Å². The first-order valence-corrected chi connectivity index (χ1v) is 15.6. The number of H-pyrrole nitrogens is 2. The summed E-state index contributed by atoms with van der Waals surface area (Å²) in [4.78, 5) is 32.3. The molecule has 2 fully saturated rings. The predicted octanol–water partition coefficient (Wildman–Crippen LogP) is 0.583. The summed E-state index contributed by atoms with van der Waals surface area (Å²) in [7, 11) is -4.89. The van der Waals surface area contributed by atoms with Crippen molar-refractivity contribution in [1.29, 1.82) is 0 Å². The molecule has 4 aromatic heterocycles. The number of nitrogen functional groups attached to an aromatic ring is 2. The second-order valence-corrected chi connectivity index (χ2v) is 11.7. The number of phosphoric acid groups is 1. The first-order chi connectivity index (χ1) is 21.0. The average molecular weight is 675 g/mol. The normalized spacial score (nSPS) is 28.3. The van der Waals surface area contributed by atoms with E-state index < -0.39 is 64.0 Å². The molecule has 22 heteroatoms. The number of phosphoric ester groups is 1. The number of nitrogens with one attached hydrogen (secondary N) is 2. The number of hydrogen-bond acceptors (Lipinski definition) is 16. The molecule has 0 bridgehead atoms. The first-order valence-electron chi connectivity index (χ1n) is 13.3. The van der Waals surface area contributed by atoms with Crippen LogP contribution in [0.3, 0.4) is 0 Å². The summed E-state index contributed by atoms with van der Waals surface area (Å²) >= 11 is 10.3. The smallest absolute Gasteiger partial charge is 0.394 e. The predicted molar refractivity (Wildman–Crippen MR) is 158 cm³/mol. The standard InChI is InChI=1S/C20H25N10O9PS2.C2H6/c21-19-25-14-10(16(41)27-19)23-4-29(14)9-1-6(32)8(37-9)3-36-40(34,35)39-13-7(2-31)38-18(12(13)33)30-5-24-11-15(30)26-20(22)28-17(11)42;1-2/h4-9,12-13,18,31-33H,1-3H2,(H,34,35)(H3,21,25,27,41)(H3,22,26,28,42);1-2H3/t6-,7?,8?,9-,12?,13?,18?;/m1./s1. The molecule has 0 aromatic carbocycles. The first kappa shape index (κ1) is 32.4. The van der Waals surface area contributed by atoms with Gasteiger partial charge in [-0.05, 0) is 0 Å². The molecule has 2 aliphatic heterocycles. The van der Waals surface area contributed by atoms with Crippen LogP contribution in [0.1, 0.15) is 32.7 Å². The van der Waals surface area contributed by atoms with E-state index in [2.05, 4.69) is 29.9 Å². The number of fused-ring (bicyclic) bond motifs is 2. The van der Waals surface area contributed by atoms with Crippen LogP contribution in [0.2, 0.25) is 0 Å². The lowest BCUT2D eigenvalue weighted by atomic mass is 10.1. The van der Waals surface area contributed by atoms with Crippen molar-refractivity contribution in [2.45, 2.75) is 63.2 Å². The molecule has 0 aliphatic carbocycles. The highest BCUT2D eigenvalue weighted by molar-refractivity contribution is 7.71. The van der Waals surface area contributed by atoms with Crippen LogP contribution in [0.15, 0.2) is 12.7 Å². The zero-order chi connectivity index (χ0) is 31.9. The third kappa shape index (κ3) is 6.13. The molecule has 0 saturated carbocycles. The van der Waals surface area contributed by atoms with Crippen molar-refractivity contribution < 1.29 is 43.3 Å². The molecule has 8 atom stereocenters. The number of rotatable bonds is 8. The van der Waals surface area contributed by atoms with Crippen molar-refractivity contribution in [3.8, 4) is 0 Å². The summed E-state index contributed by atoms with van der Waals surface area (Å²) in [6, 6.07) is 0. The Kier molecular flexibility index (Phi) is 9.44. The minimum atomic E-state index is -4.89. The number of aliphatic hydroxyl groups excluding tert-OH is 3. The lowest BCUT2D eigenvalue weighted by Gasteiger charge is -2.23. The van der Waals surface area contributed by atoms with Crippen LogP contribution in [-0.2, 0) is 23.1 Å². The fourth-order valence-corrected chi connectivity index (χ4v) is 6.39. The van der Waals surface area contributed by atoms with Crippen LogP contribution in [0.4, 0.5) is 11.9 Å². The maximum absolute atomic E-state index is 12.9. The Morgan fingerprint density at radius 3 is 2.18 bits per heavy atom. The van der Waals surface area contributed by atoms with Crippen molar-refractivity contribution in [1.82, 2.24) is 39.0 Å². The van der Waals surface area contributed by atoms with Crippen molar-refractivity contribution in [2.75, 3.05) is 24.7 Å². The van der Waals surface area contributed by atoms with Crippen molar-refractivity contribution >= 4 is 66.5 Å². The summed E-state index contributed by atoms with van der Waals surface area (Å²) in [5.74, 6) is 0.0591. The van der Waals surface area contributed by atoms with Gasteiger partial charge >= 0.3 is 7.82 Å². The van der Waals surface area contributed by atoms with E-state index in [9.17, 15) is 24.8 Å². The lowest BCUT2D eigenvalue weighted by Crippen LogP contribution is -2.36. The minimum Gasteiger partial charge on any atom is -0.394 e. The third-order valence-corrected chi connectivity index (χ3v) is 8.42. The highest BCUT2D eigenvalue weighted by Gasteiger charge is 2.49. The maximum atomic E-state index is 12.9. The highest BCUT2D eigenvalue weighted by Crippen LogP contribution is 2.49. The molecular formula is C22H31N10O9PS2. The van der Waals surface area contributed by atoms with Gasteiger partial charge in [0.15, 0.2) is 27.4 Å². The van der Waals surface area contributed by atoms with Gasteiger partial charge in [0.25, 0.3) is 0 Å².